The Morgan fingerprint density at radius 2 is 2.35 bits per heavy atom. The van der Waals surface area contributed by atoms with E-state index >= 15 is 0 Å². The maximum atomic E-state index is 11.9. The normalized spacial score (nSPS) is 12.2. The van der Waals surface area contributed by atoms with Crippen LogP contribution in [0.25, 0.3) is 0 Å². The molecule has 0 aliphatic carbocycles. The zero-order valence-corrected chi connectivity index (χ0v) is 10.8. The summed E-state index contributed by atoms with van der Waals surface area (Å²) in [6.45, 7) is 4.01. The lowest BCUT2D eigenvalue weighted by atomic mass is 10.0. The highest BCUT2D eigenvalue weighted by Crippen LogP contribution is 2.16. The Kier molecular flexibility index (Phi) is 5.13. The molecular formula is C12H16N2O2S. The number of hydrogen-bond donors (Lipinski definition) is 2. The molecule has 1 atom stereocenters. The van der Waals surface area contributed by atoms with E-state index in [2.05, 4.69) is 5.32 Å². The monoisotopic (exact) mass is 252 g/mol. The van der Waals surface area contributed by atoms with Crippen LogP contribution in [-0.2, 0) is 0 Å². The summed E-state index contributed by atoms with van der Waals surface area (Å²) in [6.07, 6.45) is 0.524. The minimum Gasteiger partial charge on any atom is -0.396 e. The van der Waals surface area contributed by atoms with Crippen LogP contribution in [0, 0.1) is 17.2 Å². The van der Waals surface area contributed by atoms with E-state index in [1.807, 2.05) is 19.9 Å². The molecule has 0 aliphatic heterocycles. The zero-order valence-electron chi connectivity index (χ0n) is 9.93. The summed E-state index contributed by atoms with van der Waals surface area (Å²) in [7, 11) is 0. The van der Waals surface area contributed by atoms with Crippen molar-refractivity contribution in [1.82, 2.24) is 5.32 Å². The number of carbonyl (C=O) groups excluding carboxylic acids is 1. The summed E-state index contributed by atoms with van der Waals surface area (Å²) in [5.41, 5.74) is 0.402. The van der Waals surface area contributed by atoms with Gasteiger partial charge in [-0.3, -0.25) is 4.79 Å². The second-order valence-corrected chi connectivity index (χ2v) is 5.03. The van der Waals surface area contributed by atoms with Gasteiger partial charge in [-0.2, -0.15) is 5.26 Å². The minimum absolute atomic E-state index is 0.0404. The molecule has 1 heterocycles. The second-order valence-electron chi connectivity index (χ2n) is 4.11. The van der Waals surface area contributed by atoms with Gasteiger partial charge in [0.15, 0.2) is 0 Å². The molecule has 1 amide bonds. The van der Waals surface area contributed by atoms with Gasteiger partial charge in [-0.25, -0.2) is 0 Å². The van der Waals surface area contributed by atoms with Crippen molar-refractivity contribution in [2.75, 3.05) is 6.61 Å². The van der Waals surface area contributed by atoms with E-state index in [9.17, 15) is 4.79 Å². The number of amides is 1. The first kappa shape index (κ1) is 13.7. The van der Waals surface area contributed by atoms with Gasteiger partial charge in [0.25, 0.3) is 5.91 Å². The molecule has 4 nitrogen and oxygen atoms in total. The Labute approximate surface area is 105 Å². The van der Waals surface area contributed by atoms with E-state index in [0.717, 1.165) is 0 Å². The van der Waals surface area contributed by atoms with Crippen molar-refractivity contribution >= 4 is 17.2 Å². The first-order valence-corrected chi connectivity index (χ1v) is 6.37. The van der Waals surface area contributed by atoms with E-state index in [4.69, 9.17) is 10.4 Å². The standard InChI is InChI=1S/C12H16N2O2S/c1-8(2)10(3-5-15)14-12(16)11-9(7-13)4-6-17-11/h4,6,8,10,15H,3,5H2,1-2H3,(H,14,16). The van der Waals surface area contributed by atoms with Crippen LogP contribution in [0.2, 0.25) is 0 Å². The number of aliphatic hydroxyl groups is 1. The van der Waals surface area contributed by atoms with Crippen LogP contribution in [0.1, 0.15) is 35.5 Å². The van der Waals surface area contributed by atoms with Crippen molar-refractivity contribution in [3.63, 3.8) is 0 Å². The van der Waals surface area contributed by atoms with Crippen molar-refractivity contribution in [3.8, 4) is 6.07 Å². The number of nitrogens with one attached hydrogen (secondary N) is 1. The molecule has 2 N–H and O–H groups in total. The number of nitriles is 1. The smallest absolute Gasteiger partial charge is 0.262 e. The van der Waals surface area contributed by atoms with E-state index in [1.165, 1.54) is 11.3 Å². The highest BCUT2D eigenvalue weighted by molar-refractivity contribution is 7.12. The fourth-order valence-corrected chi connectivity index (χ4v) is 2.27. The van der Waals surface area contributed by atoms with E-state index < -0.39 is 0 Å². The Morgan fingerprint density at radius 3 is 2.88 bits per heavy atom. The third-order valence-corrected chi connectivity index (χ3v) is 3.47. The first-order valence-electron chi connectivity index (χ1n) is 5.49. The molecule has 0 bridgehead atoms. The van der Waals surface area contributed by atoms with Crippen LogP contribution in [0.15, 0.2) is 11.4 Å². The van der Waals surface area contributed by atoms with Gasteiger partial charge in [-0.1, -0.05) is 13.8 Å². The predicted octanol–water partition coefficient (Wildman–Crippen LogP) is 1.76. The average Bonchev–Trinajstić information content (AvgIpc) is 2.76. The summed E-state index contributed by atoms with van der Waals surface area (Å²) >= 11 is 1.26. The molecule has 1 rings (SSSR count). The number of aliphatic hydroxyl groups excluding tert-OH is 1. The van der Waals surface area contributed by atoms with Crippen molar-refractivity contribution in [3.05, 3.63) is 21.9 Å². The van der Waals surface area contributed by atoms with E-state index in [0.29, 0.717) is 16.9 Å². The number of rotatable bonds is 5. The van der Waals surface area contributed by atoms with Crippen LogP contribution in [0.3, 0.4) is 0 Å². The van der Waals surface area contributed by atoms with Crippen LogP contribution >= 0.6 is 11.3 Å². The topological polar surface area (TPSA) is 73.1 Å². The SMILES string of the molecule is CC(C)C(CCO)NC(=O)c1sccc1C#N. The van der Waals surface area contributed by atoms with E-state index in [-0.39, 0.29) is 24.5 Å². The highest BCUT2D eigenvalue weighted by atomic mass is 32.1. The van der Waals surface area contributed by atoms with Crippen molar-refractivity contribution in [2.24, 2.45) is 5.92 Å². The van der Waals surface area contributed by atoms with Gasteiger partial charge in [-0.15, -0.1) is 11.3 Å². The maximum absolute atomic E-state index is 11.9. The number of nitrogens with zero attached hydrogens (tertiary/aromatic N) is 1. The van der Waals surface area contributed by atoms with Gasteiger partial charge in [-0.05, 0) is 23.8 Å². The molecule has 0 saturated carbocycles. The van der Waals surface area contributed by atoms with Crippen LogP contribution < -0.4 is 5.32 Å². The van der Waals surface area contributed by atoms with Crippen molar-refractivity contribution in [1.29, 1.82) is 5.26 Å². The average molecular weight is 252 g/mol. The Balaban J connectivity index is 2.74. The molecule has 0 radical (unpaired) electrons. The summed E-state index contributed by atoms with van der Waals surface area (Å²) in [5.74, 6) is 0.0142. The molecule has 0 saturated heterocycles. The van der Waals surface area contributed by atoms with Gasteiger partial charge in [0.2, 0.25) is 0 Å². The van der Waals surface area contributed by atoms with Gasteiger partial charge < -0.3 is 10.4 Å². The van der Waals surface area contributed by atoms with Gasteiger partial charge in [0.1, 0.15) is 10.9 Å². The minimum atomic E-state index is -0.233. The van der Waals surface area contributed by atoms with Gasteiger partial charge in [0.05, 0.1) is 5.56 Å². The van der Waals surface area contributed by atoms with Gasteiger partial charge >= 0.3 is 0 Å². The number of carbonyl (C=O) groups is 1. The fourth-order valence-electron chi connectivity index (χ4n) is 1.52. The lowest BCUT2D eigenvalue weighted by Gasteiger charge is -2.21. The van der Waals surface area contributed by atoms with Crippen LogP contribution in [0.4, 0.5) is 0 Å². The van der Waals surface area contributed by atoms with Crippen LogP contribution in [-0.4, -0.2) is 23.7 Å². The molecule has 1 aromatic rings. The van der Waals surface area contributed by atoms with E-state index in [1.54, 1.807) is 11.4 Å². The fraction of sp³-hybridized carbons (Fsp3) is 0.500. The molecule has 0 aliphatic rings. The molecular weight excluding hydrogens is 236 g/mol. The Hall–Kier alpha value is -1.38. The zero-order chi connectivity index (χ0) is 12.8. The van der Waals surface area contributed by atoms with Crippen molar-refractivity contribution < 1.29 is 9.90 Å². The third kappa shape index (κ3) is 3.55. The molecule has 5 heteroatoms. The summed E-state index contributed by atoms with van der Waals surface area (Å²) in [5, 5.41) is 22.3. The summed E-state index contributed by atoms with van der Waals surface area (Å²) < 4.78 is 0. The van der Waals surface area contributed by atoms with Gasteiger partial charge in [0, 0.05) is 12.6 Å². The Bertz CT molecular complexity index is 420. The molecule has 0 aromatic carbocycles. The summed E-state index contributed by atoms with van der Waals surface area (Å²) in [6, 6.07) is 3.56. The lowest BCUT2D eigenvalue weighted by molar-refractivity contribution is 0.0920. The molecule has 1 unspecified atom stereocenters. The second kappa shape index (κ2) is 6.38. The molecule has 17 heavy (non-hydrogen) atoms. The predicted molar refractivity (Wildman–Crippen MR) is 66.8 cm³/mol. The molecule has 92 valence electrons. The quantitative estimate of drug-likeness (QED) is 0.838. The molecule has 1 aromatic heterocycles. The van der Waals surface area contributed by atoms with Crippen LogP contribution in [0.5, 0.6) is 0 Å². The maximum Gasteiger partial charge on any atom is 0.262 e. The summed E-state index contributed by atoms with van der Waals surface area (Å²) in [4.78, 5) is 12.4. The molecule has 0 spiro atoms. The third-order valence-electron chi connectivity index (χ3n) is 2.55. The Morgan fingerprint density at radius 1 is 1.65 bits per heavy atom. The van der Waals surface area contributed by atoms with Crippen molar-refractivity contribution in [2.45, 2.75) is 26.3 Å². The largest absolute Gasteiger partial charge is 0.396 e. The first-order chi connectivity index (χ1) is 8.10. The molecule has 0 fully saturated rings. The lowest BCUT2D eigenvalue weighted by Crippen LogP contribution is -2.39. The number of thiophene rings is 1. The number of hydrogen-bond acceptors (Lipinski definition) is 4. The highest BCUT2D eigenvalue weighted by Gasteiger charge is 2.19.